The Hall–Kier alpha value is 0.440. The lowest BCUT2D eigenvalue weighted by atomic mass is 10.0. The molecule has 1 nitrogen and oxygen atoms in total. The van der Waals surface area contributed by atoms with Crippen LogP contribution in [-0.2, 0) is 0 Å². The smallest absolute Gasteiger partial charge is 0.0837 e. The van der Waals surface area contributed by atoms with Crippen LogP contribution in [0.15, 0.2) is 0 Å². The third-order valence-corrected chi connectivity index (χ3v) is 5.78. The monoisotopic (exact) mass is 391 g/mol. The van der Waals surface area contributed by atoms with Crippen LogP contribution in [0.4, 0.5) is 0 Å². The molecule has 0 bridgehead atoms. The zero-order chi connectivity index (χ0) is 17.0. The normalized spacial score (nSPS) is 12.3. The summed E-state index contributed by atoms with van der Waals surface area (Å²) in [7, 11) is 0. The standard InChI is InChI=1S/C21H46N.BrH/c1-8-9-10-11-12-13-14-15-16-17-18-22(19(2)3,20(4)5)21(6)7;/h19-21H,8-18H2,1-7H3;1H/q+1;/p-1. The van der Waals surface area contributed by atoms with Gasteiger partial charge in [0.25, 0.3) is 0 Å². The van der Waals surface area contributed by atoms with Crippen LogP contribution in [0.25, 0.3) is 0 Å². The molecule has 0 unspecified atom stereocenters. The van der Waals surface area contributed by atoms with Gasteiger partial charge in [-0.25, -0.2) is 0 Å². The Morgan fingerprint density at radius 1 is 0.522 bits per heavy atom. The maximum atomic E-state index is 2.41. The molecule has 0 N–H and O–H groups in total. The van der Waals surface area contributed by atoms with Crippen LogP contribution in [0.3, 0.4) is 0 Å². The Morgan fingerprint density at radius 2 is 0.826 bits per heavy atom. The molecular weight excluding hydrogens is 346 g/mol. The van der Waals surface area contributed by atoms with E-state index in [9.17, 15) is 0 Å². The van der Waals surface area contributed by atoms with Gasteiger partial charge in [0.1, 0.15) is 0 Å². The lowest BCUT2D eigenvalue weighted by Gasteiger charge is -2.49. The molecule has 0 amide bonds. The van der Waals surface area contributed by atoms with Gasteiger partial charge in [-0.15, -0.1) is 0 Å². The third-order valence-electron chi connectivity index (χ3n) is 5.78. The molecule has 0 aliphatic heterocycles. The zero-order valence-corrected chi connectivity index (χ0v) is 18.9. The van der Waals surface area contributed by atoms with Gasteiger partial charge in [0.15, 0.2) is 0 Å². The number of unbranched alkanes of at least 4 members (excludes halogenated alkanes) is 9. The first-order valence-corrected chi connectivity index (χ1v) is 10.3. The summed E-state index contributed by atoms with van der Waals surface area (Å²) in [5.41, 5.74) is 0. The first-order chi connectivity index (χ1) is 10.4. The third kappa shape index (κ3) is 9.48. The Balaban J connectivity index is 0. The van der Waals surface area contributed by atoms with Crippen LogP contribution in [0, 0.1) is 0 Å². The highest BCUT2D eigenvalue weighted by atomic mass is 79.9. The van der Waals surface area contributed by atoms with Gasteiger partial charge in [0, 0.05) is 0 Å². The molecule has 0 aromatic rings. The molecule has 0 aromatic carbocycles. The molecule has 0 spiro atoms. The molecule has 0 atom stereocenters. The lowest BCUT2D eigenvalue weighted by molar-refractivity contribution is -0.985. The van der Waals surface area contributed by atoms with E-state index in [0.717, 1.165) is 18.1 Å². The van der Waals surface area contributed by atoms with Gasteiger partial charge in [-0.3, -0.25) is 0 Å². The van der Waals surface area contributed by atoms with Gasteiger partial charge in [-0.05, 0) is 54.4 Å². The molecule has 0 saturated carbocycles. The molecular formula is C21H46BrN. The molecule has 0 saturated heterocycles. The van der Waals surface area contributed by atoms with Crippen LogP contribution in [-0.4, -0.2) is 29.2 Å². The Labute approximate surface area is 159 Å². The van der Waals surface area contributed by atoms with Crippen molar-refractivity contribution in [1.29, 1.82) is 0 Å². The summed E-state index contributed by atoms with van der Waals surface area (Å²) >= 11 is 0. The molecule has 0 radical (unpaired) electrons. The van der Waals surface area contributed by atoms with Gasteiger partial charge in [-0.2, -0.15) is 0 Å². The quantitative estimate of drug-likeness (QED) is 0.310. The Kier molecular flexibility index (Phi) is 16.5. The van der Waals surface area contributed by atoms with Crippen molar-refractivity contribution in [2.75, 3.05) is 6.54 Å². The van der Waals surface area contributed by atoms with Gasteiger partial charge >= 0.3 is 0 Å². The highest BCUT2D eigenvalue weighted by molar-refractivity contribution is 4.59. The van der Waals surface area contributed by atoms with Crippen LogP contribution >= 0.6 is 0 Å². The topological polar surface area (TPSA) is 0 Å². The summed E-state index contributed by atoms with van der Waals surface area (Å²) in [4.78, 5) is 0. The van der Waals surface area contributed by atoms with Crippen molar-refractivity contribution in [3.05, 3.63) is 0 Å². The predicted octanol–water partition coefficient (Wildman–Crippen LogP) is 3.95. The van der Waals surface area contributed by atoms with Crippen molar-refractivity contribution in [3.63, 3.8) is 0 Å². The summed E-state index contributed by atoms with van der Waals surface area (Å²) in [6, 6.07) is 2.20. The van der Waals surface area contributed by atoms with E-state index in [4.69, 9.17) is 0 Å². The molecule has 0 aliphatic carbocycles. The molecule has 0 heterocycles. The molecule has 142 valence electrons. The second kappa shape index (κ2) is 14.8. The summed E-state index contributed by atoms with van der Waals surface area (Å²) in [5, 5.41) is 0. The average Bonchev–Trinajstić information content (AvgIpc) is 2.43. The van der Waals surface area contributed by atoms with Crippen LogP contribution < -0.4 is 17.0 Å². The van der Waals surface area contributed by atoms with E-state index >= 15 is 0 Å². The van der Waals surface area contributed by atoms with Crippen molar-refractivity contribution in [1.82, 2.24) is 0 Å². The first-order valence-electron chi connectivity index (χ1n) is 10.3. The van der Waals surface area contributed by atoms with Crippen molar-refractivity contribution in [3.8, 4) is 0 Å². The van der Waals surface area contributed by atoms with E-state index in [-0.39, 0.29) is 17.0 Å². The highest BCUT2D eigenvalue weighted by Crippen LogP contribution is 2.26. The van der Waals surface area contributed by atoms with E-state index < -0.39 is 0 Å². The van der Waals surface area contributed by atoms with Crippen molar-refractivity contribution in [2.45, 2.75) is 131 Å². The minimum Gasteiger partial charge on any atom is -1.00 e. The summed E-state index contributed by atoms with van der Waals surface area (Å²) in [5.74, 6) is 0. The molecule has 0 aliphatic rings. The second-order valence-electron chi connectivity index (χ2n) is 8.18. The molecule has 0 rings (SSSR count). The minimum atomic E-state index is 0. The van der Waals surface area contributed by atoms with Crippen molar-refractivity contribution < 1.29 is 21.5 Å². The minimum absolute atomic E-state index is 0. The average molecular weight is 393 g/mol. The van der Waals surface area contributed by atoms with E-state index in [1.54, 1.807) is 0 Å². The number of nitrogens with zero attached hydrogens (tertiary/aromatic N) is 1. The zero-order valence-electron chi connectivity index (χ0n) is 17.3. The van der Waals surface area contributed by atoms with Gasteiger partial charge in [0.2, 0.25) is 0 Å². The summed E-state index contributed by atoms with van der Waals surface area (Å²) < 4.78 is 1.29. The maximum Gasteiger partial charge on any atom is 0.0837 e. The van der Waals surface area contributed by atoms with E-state index in [0.29, 0.717) is 0 Å². The molecule has 2 heteroatoms. The van der Waals surface area contributed by atoms with Crippen LogP contribution in [0.5, 0.6) is 0 Å². The molecule has 23 heavy (non-hydrogen) atoms. The largest absolute Gasteiger partial charge is 1.00 e. The fourth-order valence-electron chi connectivity index (χ4n) is 4.44. The van der Waals surface area contributed by atoms with Gasteiger partial charge in [0.05, 0.1) is 24.7 Å². The van der Waals surface area contributed by atoms with Crippen LogP contribution in [0.2, 0.25) is 0 Å². The van der Waals surface area contributed by atoms with Crippen molar-refractivity contribution in [2.24, 2.45) is 0 Å². The Morgan fingerprint density at radius 3 is 1.13 bits per heavy atom. The number of hydrogen-bond donors (Lipinski definition) is 0. The van der Waals surface area contributed by atoms with Gasteiger partial charge < -0.3 is 21.5 Å². The first kappa shape index (κ1) is 25.7. The number of halogens is 1. The second-order valence-corrected chi connectivity index (χ2v) is 8.18. The lowest BCUT2D eigenvalue weighted by Crippen LogP contribution is -3.00. The fourth-order valence-corrected chi connectivity index (χ4v) is 4.44. The Bertz CT molecular complexity index is 226. The number of rotatable bonds is 14. The maximum absolute atomic E-state index is 2.41. The molecule has 0 fully saturated rings. The molecule has 0 aromatic heterocycles. The summed E-state index contributed by atoms with van der Waals surface area (Å²) in [6.07, 6.45) is 14.4. The SMILES string of the molecule is CCCCCCCCCCCC[N+](C(C)C)(C(C)C)C(C)C.[Br-]. The van der Waals surface area contributed by atoms with E-state index in [1.807, 2.05) is 0 Å². The van der Waals surface area contributed by atoms with E-state index in [2.05, 4.69) is 48.5 Å². The summed E-state index contributed by atoms with van der Waals surface area (Å²) in [6.45, 7) is 18.1. The predicted molar refractivity (Wildman–Crippen MR) is 102 cm³/mol. The fraction of sp³-hybridized carbons (Fsp3) is 1.00. The van der Waals surface area contributed by atoms with Crippen LogP contribution in [0.1, 0.15) is 113 Å². The van der Waals surface area contributed by atoms with Crippen molar-refractivity contribution >= 4 is 0 Å². The van der Waals surface area contributed by atoms with E-state index in [1.165, 1.54) is 75.2 Å². The highest BCUT2D eigenvalue weighted by Gasteiger charge is 2.37. The van der Waals surface area contributed by atoms with Gasteiger partial charge in [-0.1, -0.05) is 58.3 Å². The number of quaternary nitrogens is 1. The number of hydrogen-bond acceptors (Lipinski definition) is 0.